The molecule has 0 atom stereocenters. The molecule has 1 rings (SSSR count). The van der Waals surface area contributed by atoms with Gasteiger partial charge in [-0.05, 0) is 12.1 Å². The van der Waals surface area contributed by atoms with Gasteiger partial charge in [0, 0.05) is 32.1 Å². The fourth-order valence-electron chi connectivity index (χ4n) is 1.87. The molecule has 0 unspecified atom stereocenters. The van der Waals surface area contributed by atoms with Gasteiger partial charge in [0.1, 0.15) is 5.75 Å². The molecule has 5 N–H and O–H groups in total. The number of hydrogen-bond donors (Lipinski definition) is 4. The minimum absolute atomic E-state index is 0.00690. The normalized spacial score (nSPS) is 10.7. The maximum Gasteiger partial charge on any atom is 0.225 e. The number of nitrogens with two attached hydrogens (primary N) is 1. The highest BCUT2D eigenvalue weighted by molar-refractivity contribution is 5.94. The number of aliphatic hydroxyl groups is 2. The molecule has 0 radical (unpaired) electrons. The lowest BCUT2D eigenvalue weighted by Gasteiger charge is -2.19. The van der Waals surface area contributed by atoms with Crippen LogP contribution in [0.25, 0.3) is 0 Å². The van der Waals surface area contributed by atoms with Crippen molar-refractivity contribution in [2.45, 2.75) is 6.42 Å². The lowest BCUT2D eigenvalue weighted by molar-refractivity contribution is -0.116. The van der Waals surface area contributed by atoms with E-state index < -0.39 is 0 Å². The summed E-state index contributed by atoms with van der Waals surface area (Å²) in [6.45, 7) is 1.31. The third kappa shape index (κ3) is 5.99. The summed E-state index contributed by atoms with van der Waals surface area (Å²) in [5.41, 5.74) is 6.80. The summed E-state index contributed by atoms with van der Waals surface area (Å²) in [7, 11) is 1.55. The van der Waals surface area contributed by atoms with Crippen LogP contribution in [0.15, 0.2) is 18.2 Å². The minimum atomic E-state index is -0.173. The minimum Gasteiger partial charge on any atom is -0.497 e. The van der Waals surface area contributed by atoms with Crippen LogP contribution in [-0.4, -0.2) is 61.0 Å². The van der Waals surface area contributed by atoms with Crippen LogP contribution in [0.2, 0.25) is 0 Å². The summed E-state index contributed by atoms with van der Waals surface area (Å²) in [6, 6.07) is 5.04. The fraction of sp³-hybridized carbons (Fsp3) is 0.500. The van der Waals surface area contributed by atoms with Gasteiger partial charge in [-0.25, -0.2) is 0 Å². The molecule has 0 saturated carbocycles. The Balaban J connectivity index is 2.49. The predicted octanol–water partition coefficient (Wildman–Crippen LogP) is -0.107. The second-order valence-electron chi connectivity index (χ2n) is 4.54. The van der Waals surface area contributed by atoms with Gasteiger partial charge in [-0.2, -0.15) is 0 Å². The SMILES string of the molecule is COc1ccc(NC(=O)CCN(CCO)CCO)c(N)c1. The molecule has 7 heteroatoms. The van der Waals surface area contributed by atoms with Gasteiger partial charge in [0.2, 0.25) is 5.91 Å². The number of hydrogen-bond acceptors (Lipinski definition) is 6. The van der Waals surface area contributed by atoms with Gasteiger partial charge in [0.25, 0.3) is 0 Å². The van der Waals surface area contributed by atoms with E-state index >= 15 is 0 Å². The van der Waals surface area contributed by atoms with Crippen molar-refractivity contribution in [1.82, 2.24) is 4.90 Å². The molecule has 7 nitrogen and oxygen atoms in total. The quantitative estimate of drug-likeness (QED) is 0.474. The van der Waals surface area contributed by atoms with E-state index in [4.69, 9.17) is 20.7 Å². The van der Waals surface area contributed by atoms with E-state index in [0.29, 0.717) is 36.8 Å². The Morgan fingerprint density at radius 1 is 1.29 bits per heavy atom. The van der Waals surface area contributed by atoms with Crippen LogP contribution < -0.4 is 15.8 Å². The van der Waals surface area contributed by atoms with Crippen molar-refractivity contribution in [1.29, 1.82) is 0 Å². The van der Waals surface area contributed by atoms with Crippen molar-refractivity contribution in [3.63, 3.8) is 0 Å². The number of amides is 1. The molecular formula is C14H23N3O4. The number of ether oxygens (including phenoxy) is 1. The molecule has 0 bridgehead atoms. The van der Waals surface area contributed by atoms with E-state index in [9.17, 15) is 4.79 Å². The lowest BCUT2D eigenvalue weighted by Crippen LogP contribution is -2.32. The van der Waals surface area contributed by atoms with Gasteiger partial charge in [-0.3, -0.25) is 9.69 Å². The molecule has 1 amide bonds. The number of benzene rings is 1. The Labute approximate surface area is 124 Å². The first-order valence-electron chi connectivity index (χ1n) is 6.78. The van der Waals surface area contributed by atoms with Gasteiger partial charge in [0.05, 0.1) is 31.7 Å². The Morgan fingerprint density at radius 3 is 2.48 bits per heavy atom. The van der Waals surface area contributed by atoms with Gasteiger partial charge < -0.3 is 26.0 Å². The zero-order valence-corrected chi connectivity index (χ0v) is 12.2. The summed E-state index contributed by atoms with van der Waals surface area (Å²) in [4.78, 5) is 13.7. The van der Waals surface area contributed by atoms with Crippen LogP contribution >= 0.6 is 0 Å². The van der Waals surface area contributed by atoms with Crippen LogP contribution in [0.1, 0.15) is 6.42 Å². The summed E-state index contributed by atoms with van der Waals surface area (Å²) in [6.07, 6.45) is 0.255. The van der Waals surface area contributed by atoms with Crippen molar-refractivity contribution >= 4 is 17.3 Å². The van der Waals surface area contributed by atoms with Crippen molar-refractivity contribution < 1.29 is 19.7 Å². The number of methoxy groups -OCH3 is 1. The highest BCUT2D eigenvalue weighted by Crippen LogP contribution is 2.24. The zero-order valence-electron chi connectivity index (χ0n) is 12.2. The predicted molar refractivity (Wildman–Crippen MR) is 81.3 cm³/mol. The van der Waals surface area contributed by atoms with Gasteiger partial charge in [0.15, 0.2) is 0 Å². The maximum atomic E-state index is 11.9. The third-order valence-corrected chi connectivity index (χ3v) is 3.02. The Morgan fingerprint density at radius 2 is 1.95 bits per heavy atom. The van der Waals surface area contributed by atoms with E-state index in [1.807, 2.05) is 4.90 Å². The zero-order chi connectivity index (χ0) is 15.7. The van der Waals surface area contributed by atoms with Crippen molar-refractivity contribution in [2.24, 2.45) is 0 Å². The van der Waals surface area contributed by atoms with Gasteiger partial charge in [-0.15, -0.1) is 0 Å². The number of carbonyl (C=O) groups excluding carboxylic acids is 1. The van der Waals surface area contributed by atoms with E-state index in [-0.39, 0.29) is 25.5 Å². The molecule has 0 heterocycles. The van der Waals surface area contributed by atoms with Gasteiger partial charge in [-0.1, -0.05) is 0 Å². The highest BCUT2D eigenvalue weighted by Gasteiger charge is 2.09. The van der Waals surface area contributed by atoms with Crippen LogP contribution in [-0.2, 0) is 4.79 Å². The first kappa shape index (κ1) is 17.2. The number of carbonyl (C=O) groups is 1. The second kappa shape index (κ2) is 9.17. The number of rotatable bonds is 9. The standard InChI is InChI=1S/C14H23N3O4/c1-21-11-2-3-13(12(15)10-11)16-14(20)4-5-17(6-8-18)7-9-19/h2-3,10,18-19H,4-9,15H2,1H3,(H,16,20). The number of nitrogens with one attached hydrogen (secondary N) is 1. The smallest absolute Gasteiger partial charge is 0.225 e. The number of anilines is 2. The molecular weight excluding hydrogens is 274 g/mol. The molecule has 1 aromatic carbocycles. The Bertz CT molecular complexity index is 448. The fourth-order valence-corrected chi connectivity index (χ4v) is 1.87. The molecule has 0 aliphatic carbocycles. The lowest BCUT2D eigenvalue weighted by atomic mass is 10.2. The van der Waals surface area contributed by atoms with Crippen molar-refractivity contribution in [2.75, 3.05) is 51.0 Å². The van der Waals surface area contributed by atoms with Crippen LogP contribution in [0.4, 0.5) is 11.4 Å². The molecule has 0 aliphatic rings. The Hall–Kier alpha value is -1.83. The molecule has 0 spiro atoms. The first-order chi connectivity index (χ1) is 10.1. The van der Waals surface area contributed by atoms with E-state index in [1.54, 1.807) is 25.3 Å². The van der Waals surface area contributed by atoms with E-state index in [0.717, 1.165) is 0 Å². The molecule has 0 fully saturated rings. The summed E-state index contributed by atoms with van der Waals surface area (Å²) >= 11 is 0. The van der Waals surface area contributed by atoms with Crippen molar-refractivity contribution in [3.05, 3.63) is 18.2 Å². The topological polar surface area (TPSA) is 108 Å². The summed E-state index contributed by atoms with van der Waals surface area (Å²) < 4.78 is 5.04. The summed E-state index contributed by atoms with van der Waals surface area (Å²) in [5.74, 6) is 0.454. The van der Waals surface area contributed by atoms with Crippen molar-refractivity contribution in [3.8, 4) is 5.75 Å². The summed E-state index contributed by atoms with van der Waals surface area (Å²) in [5, 5.41) is 20.5. The molecule has 118 valence electrons. The number of nitrogens with zero attached hydrogens (tertiary/aromatic N) is 1. The molecule has 1 aromatic rings. The average Bonchev–Trinajstić information content (AvgIpc) is 2.47. The monoisotopic (exact) mass is 297 g/mol. The van der Waals surface area contributed by atoms with E-state index in [1.165, 1.54) is 0 Å². The Kier molecular flexibility index (Phi) is 7.52. The van der Waals surface area contributed by atoms with E-state index in [2.05, 4.69) is 5.32 Å². The second-order valence-corrected chi connectivity index (χ2v) is 4.54. The molecule has 0 aliphatic heterocycles. The first-order valence-corrected chi connectivity index (χ1v) is 6.78. The average molecular weight is 297 g/mol. The number of aliphatic hydroxyl groups excluding tert-OH is 2. The maximum absolute atomic E-state index is 11.9. The number of nitrogen functional groups attached to an aromatic ring is 1. The molecule has 0 saturated heterocycles. The van der Waals surface area contributed by atoms with Crippen LogP contribution in [0.5, 0.6) is 5.75 Å². The molecule has 21 heavy (non-hydrogen) atoms. The van der Waals surface area contributed by atoms with Gasteiger partial charge >= 0.3 is 0 Å². The third-order valence-electron chi connectivity index (χ3n) is 3.02. The largest absolute Gasteiger partial charge is 0.497 e. The van der Waals surface area contributed by atoms with Crippen LogP contribution in [0, 0.1) is 0 Å². The highest BCUT2D eigenvalue weighted by atomic mass is 16.5. The molecule has 0 aromatic heterocycles. The van der Waals surface area contributed by atoms with Crippen LogP contribution in [0.3, 0.4) is 0 Å².